The highest BCUT2D eigenvalue weighted by Gasteiger charge is 2.30. The van der Waals surface area contributed by atoms with Gasteiger partial charge in [-0.2, -0.15) is 0 Å². The van der Waals surface area contributed by atoms with Crippen LogP contribution in [0.3, 0.4) is 0 Å². The molecule has 1 saturated carbocycles. The van der Waals surface area contributed by atoms with Crippen LogP contribution in [-0.2, 0) is 27.1 Å². The third-order valence-corrected chi connectivity index (χ3v) is 7.18. The van der Waals surface area contributed by atoms with Gasteiger partial charge < -0.3 is 10.6 Å². The molecule has 178 valence electrons. The monoisotopic (exact) mass is 479 g/mol. The maximum absolute atomic E-state index is 13.2. The molecule has 3 N–H and O–H groups in total. The fourth-order valence-corrected chi connectivity index (χ4v) is 5.35. The molecule has 4 rings (SSSR count). The largest absolute Gasteiger partial charge is 0.348 e. The zero-order valence-corrected chi connectivity index (χ0v) is 20.1. The molecule has 0 spiro atoms. The minimum absolute atomic E-state index is 0.00987. The molecule has 3 aromatic rings. The number of amides is 2. The fourth-order valence-electron chi connectivity index (χ4n) is 3.86. The van der Waals surface area contributed by atoms with Gasteiger partial charge in [0.15, 0.2) is 0 Å². The summed E-state index contributed by atoms with van der Waals surface area (Å²) >= 11 is 0. The Morgan fingerprint density at radius 3 is 2.21 bits per heavy atom. The molecule has 0 heterocycles. The number of sulfonamides is 1. The predicted octanol–water partition coefficient (Wildman–Crippen LogP) is 3.95. The topological polar surface area (TPSA) is 104 Å². The first-order valence-electron chi connectivity index (χ1n) is 11.4. The summed E-state index contributed by atoms with van der Waals surface area (Å²) in [7, 11) is -3.50. The van der Waals surface area contributed by atoms with Crippen LogP contribution in [0.2, 0.25) is 0 Å². The number of nitrogens with one attached hydrogen (secondary N) is 3. The minimum Gasteiger partial charge on any atom is -0.348 e. The maximum atomic E-state index is 13.2. The van der Waals surface area contributed by atoms with Gasteiger partial charge >= 0.3 is 0 Å². The van der Waals surface area contributed by atoms with Crippen molar-refractivity contribution in [3.63, 3.8) is 0 Å². The van der Waals surface area contributed by atoms with Crippen LogP contribution in [0.1, 0.15) is 48.2 Å². The number of hydrogen-bond donors (Lipinski definition) is 3. The Labute approximate surface area is 200 Å². The van der Waals surface area contributed by atoms with Crippen molar-refractivity contribution < 1.29 is 18.0 Å². The third kappa shape index (κ3) is 6.01. The van der Waals surface area contributed by atoms with Gasteiger partial charge in [0.1, 0.15) is 0 Å². The Balaban J connectivity index is 1.55. The Hall–Kier alpha value is -3.23. The minimum atomic E-state index is -3.50. The van der Waals surface area contributed by atoms with Gasteiger partial charge in [-0.1, -0.05) is 48.5 Å². The summed E-state index contributed by atoms with van der Waals surface area (Å²) < 4.78 is 27.4. The van der Waals surface area contributed by atoms with E-state index in [0.29, 0.717) is 22.4 Å². The summed E-state index contributed by atoms with van der Waals surface area (Å²) in [5.41, 5.74) is 2.19. The second-order valence-electron chi connectivity index (χ2n) is 8.99. The summed E-state index contributed by atoms with van der Waals surface area (Å²) in [6.45, 7) is 3.70. The Morgan fingerprint density at radius 2 is 1.56 bits per heavy atom. The Bertz CT molecular complexity index is 1330. The molecule has 34 heavy (non-hydrogen) atoms. The number of benzene rings is 3. The van der Waals surface area contributed by atoms with E-state index < -0.39 is 10.0 Å². The van der Waals surface area contributed by atoms with Crippen molar-refractivity contribution >= 4 is 38.3 Å². The Morgan fingerprint density at radius 1 is 0.941 bits per heavy atom. The van der Waals surface area contributed by atoms with Crippen LogP contribution in [0.5, 0.6) is 0 Å². The zero-order chi connectivity index (χ0) is 24.3. The number of carbonyl (C=O) groups is 2. The molecule has 1 aliphatic carbocycles. The average molecular weight is 480 g/mol. The van der Waals surface area contributed by atoms with Gasteiger partial charge in [0.05, 0.1) is 17.0 Å². The molecule has 8 heteroatoms. The molecule has 1 aliphatic rings. The van der Waals surface area contributed by atoms with Crippen LogP contribution in [0.4, 0.5) is 5.69 Å². The van der Waals surface area contributed by atoms with Crippen LogP contribution < -0.4 is 15.4 Å². The summed E-state index contributed by atoms with van der Waals surface area (Å²) in [5.74, 6) is -0.571. The van der Waals surface area contributed by atoms with Gasteiger partial charge in [-0.25, -0.2) is 13.1 Å². The second-order valence-corrected chi connectivity index (χ2v) is 10.7. The van der Waals surface area contributed by atoms with Crippen molar-refractivity contribution in [3.8, 4) is 0 Å². The molecule has 0 aliphatic heterocycles. The highest BCUT2D eigenvalue weighted by atomic mass is 32.2. The highest BCUT2D eigenvalue weighted by Crippen LogP contribution is 2.32. The summed E-state index contributed by atoms with van der Waals surface area (Å²) in [6, 6.07) is 18.2. The van der Waals surface area contributed by atoms with Crippen molar-refractivity contribution in [1.82, 2.24) is 10.0 Å². The smallest absolute Gasteiger partial charge is 0.253 e. The van der Waals surface area contributed by atoms with E-state index in [1.807, 2.05) is 36.4 Å². The lowest BCUT2D eigenvalue weighted by atomic mass is 10.0. The van der Waals surface area contributed by atoms with Gasteiger partial charge in [0.25, 0.3) is 5.91 Å². The quantitative estimate of drug-likeness (QED) is 0.432. The van der Waals surface area contributed by atoms with Crippen LogP contribution in [0, 0.1) is 5.92 Å². The molecule has 0 saturated heterocycles. The normalized spacial score (nSPS) is 13.7. The number of fused-ring (bicyclic) bond motifs is 1. The van der Waals surface area contributed by atoms with Crippen LogP contribution in [0.25, 0.3) is 10.8 Å². The SMILES string of the molecule is CC(C)NS(=O)(=O)Cc1ccccc1CNC(=O)c1cc2ccccc2cc1NC(=O)C1CC1. The van der Waals surface area contributed by atoms with Crippen molar-refractivity contribution in [3.05, 3.63) is 77.4 Å². The van der Waals surface area contributed by atoms with Gasteiger partial charge in [-0.3, -0.25) is 9.59 Å². The van der Waals surface area contributed by atoms with Crippen LogP contribution >= 0.6 is 0 Å². The van der Waals surface area contributed by atoms with E-state index in [4.69, 9.17) is 0 Å². The number of anilines is 1. The van der Waals surface area contributed by atoms with Crippen molar-refractivity contribution in [2.45, 2.75) is 45.0 Å². The first-order valence-corrected chi connectivity index (χ1v) is 13.1. The summed E-state index contributed by atoms with van der Waals surface area (Å²) in [4.78, 5) is 25.6. The summed E-state index contributed by atoms with van der Waals surface area (Å²) in [6.07, 6.45) is 1.73. The fraction of sp³-hybridized carbons (Fsp3) is 0.308. The molecule has 0 atom stereocenters. The third-order valence-electron chi connectivity index (χ3n) is 5.66. The molecule has 7 nitrogen and oxygen atoms in total. The zero-order valence-electron chi connectivity index (χ0n) is 19.3. The van der Waals surface area contributed by atoms with Gasteiger partial charge in [0, 0.05) is 18.5 Å². The molecule has 2 amide bonds. The summed E-state index contributed by atoms with van der Waals surface area (Å²) in [5, 5.41) is 7.64. The molecular formula is C26H29N3O4S. The van der Waals surface area contributed by atoms with E-state index >= 15 is 0 Å². The molecule has 0 unspecified atom stereocenters. The first kappa shape index (κ1) is 23.9. The number of rotatable bonds is 9. The van der Waals surface area contributed by atoms with E-state index in [9.17, 15) is 18.0 Å². The standard InChI is InChI=1S/C26H29N3O4S/c1-17(2)29-34(32,33)16-22-10-6-5-9-21(22)15-27-26(31)23-13-19-7-3-4-8-20(19)14-24(23)28-25(30)18-11-12-18/h3-10,13-14,17-18,29H,11-12,15-16H2,1-2H3,(H,27,31)(H,28,30). The molecule has 0 bridgehead atoms. The van der Waals surface area contributed by atoms with Crippen molar-refractivity contribution in [2.75, 3.05) is 5.32 Å². The molecule has 0 radical (unpaired) electrons. The van der Waals surface area contributed by atoms with Crippen molar-refractivity contribution in [1.29, 1.82) is 0 Å². The first-order chi connectivity index (χ1) is 16.2. The molecule has 1 fully saturated rings. The van der Waals surface area contributed by atoms with Gasteiger partial charge in [0.2, 0.25) is 15.9 Å². The van der Waals surface area contributed by atoms with E-state index in [1.54, 1.807) is 38.1 Å². The second kappa shape index (κ2) is 9.95. The lowest BCUT2D eigenvalue weighted by Gasteiger charge is -2.15. The molecule has 3 aromatic carbocycles. The lowest BCUT2D eigenvalue weighted by molar-refractivity contribution is -0.117. The Kier molecular flexibility index (Phi) is 7.00. The lowest BCUT2D eigenvalue weighted by Crippen LogP contribution is -2.32. The van der Waals surface area contributed by atoms with E-state index in [-0.39, 0.29) is 36.1 Å². The average Bonchev–Trinajstić information content (AvgIpc) is 3.62. The van der Waals surface area contributed by atoms with Crippen LogP contribution in [0.15, 0.2) is 60.7 Å². The molecule has 0 aromatic heterocycles. The maximum Gasteiger partial charge on any atom is 0.253 e. The van der Waals surface area contributed by atoms with Crippen molar-refractivity contribution in [2.24, 2.45) is 5.92 Å². The van der Waals surface area contributed by atoms with Gasteiger partial charge in [-0.15, -0.1) is 0 Å². The van der Waals surface area contributed by atoms with E-state index in [0.717, 1.165) is 23.6 Å². The number of hydrogen-bond acceptors (Lipinski definition) is 4. The number of carbonyl (C=O) groups excluding carboxylic acids is 2. The highest BCUT2D eigenvalue weighted by molar-refractivity contribution is 7.88. The van der Waals surface area contributed by atoms with Gasteiger partial charge in [-0.05, 0) is 60.7 Å². The van der Waals surface area contributed by atoms with E-state index in [1.165, 1.54) is 0 Å². The van der Waals surface area contributed by atoms with Crippen LogP contribution in [-0.4, -0.2) is 26.3 Å². The molecular weight excluding hydrogens is 450 g/mol. The van der Waals surface area contributed by atoms with E-state index in [2.05, 4.69) is 15.4 Å². The predicted molar refractivity (Wildman–Crippen MR) is 134 cm³/mol.